The zero-order chi connectivity index (χ0) is 18.4. The van der Waals surface area contributed by atoms with Crippen LogP contribution in [0.4, 0.5) is 11.4 Å². The van der Waals surface area contributed by atoms with E-state index in [9.17, 15) is 4.79 Å². The van der Waals surface area contributed by atoms with E-state index >= 15 is 0 Å². The fraction of sp³-hybridized carbons (Fsp3) is 0.136. The SMILES string of the molecule is C=C(C)COc1ccc(NCC(=O)Nc2cccc3ccccc23)cc1. The number of anilines is 2. The van der Waals surface area contributed by atoms with Gasteiger partial charge in [0.25, 0.3) is 0 Å². The fourth-order valence-corrected chi connectivity index (χ4v) is 2.59. The maximum Gasteiger partial charge on any atom is 0.243 e. The lowest BCUT2D eigenvalue weighted by molar-refractivity contribution is -0.114. The van der Waals surface area contributed by atoms with E-state index in [0.29, 0.717) is 6.61 Å². The van der Waals surface area contributed by atoms with Crippen molar-refractivity contribution in [2.24, 2.45) is 0 Å². The molecule has 3 rings (SSSR count). The Hall–Kier alpha value is -3.27. The molecule has 0 saturated heterocycles. The average Bonchev–Trinajstić information content (AvgIpc) is 2.66. The van der Waals surface area contributed by atoms with Gasteiger partial charge in [0.15, 0.2) is 0 Å². The van der Waals surface area contributed by atoms with Gasteiger partial charge >= 0.3 is 0 Å². The lowest BCUT2D eigenvalue weighted by Gasteiger charge is -2.11. The number of fused-ring (bicyclic) bond motifs is 1. The minimum Gasteiger partial charge on any atom is -0.489 e. The number of hydrogen-bond acceptors (Lipinski definition) is 3. The van der Waals surface area contributed by atoms with E-state index < -0.39 is 0 Å². The van der Waals surface area contributed by atoms with Crippen molar-refractivity contribution in [2.45, 2.75) is 6.92 Å². The summed E-state index contributed by atoms with van der Waals surface area (Å²) in [5.41, 5.74) is 2.65. The molecular formula is C22H22N2O2. The van der Waals surface area contributed by atoms with Gasteiger partial charge in [-0.3, -0.25) is 4.79 Å². The van der Waals surface area contributed by atoms with Crippen LogP contribution in [0, 0.1) is 0 Å². The summed E-state index contributed by atoms with van der Waals surface area (Å²) in [4.78, 5) is 12.3. The second kappa shape index (κ2) is 8.21. The molecule has 3 aromatic carbocycles. The average molecular weight is 346 g/mol. The topological polar surface area (TPSA) is 50.4 Å². The number of amides is 1. The molecule has 4 heteroatoms. The van der Waals surface area contributed by atoms with E-state index in [1.165, 1.54) is 0 Å². The monoisotopic (exact) mass is 346 g/mol. The van der Waals surface area contributed by atoms with Gasteiger partial charge in [-0.25, -0.2) is 0 Å². The molecule has 26 heavy (non-hydrogen) atoms. The predicted molar refractivity (Wildman–Crippen MR) is 108 cm³/mol. The molecule has 0 aliphatic rings. The number of carbonyl (C=O) groups is 1. The van der Waals surface area contributed by atoms with Crippen molar-refractivity contribution in [3.05, 3.63) is 78.9 Å². The third-order valence-corrected chi connectivity index (χ3v) is 3.86. The molecule has 0 aromatic heterocycles. The van der Waals surface area contributed by atoms with Crippen molar-refractivity contribution in [1.82, 2.24) is 0 Å². The van der Waals surface area contributed by atoms with Crippen molar-refractivity contribution in [3.8, 4) is 5.75 Å². The summed E-state index contributed by atoms with van der Waals surface area (Å²) in [7, 11) is 0. The van der Waals surface area contributed by atoms with Gasteiger partial charge < -0.3 is 15.4 Å². The lowest BCUT2D eigenvalue weighted by atomic mass is 10.1. The molecule has 0 heterocycles. The van der Waals surface area contributed by atoms with E-state index in [1.54, 1.807) is 0 Å². The van der Waals surface area contributed by atoms with Crippen molar-refractivity contribution in [2.75, 3.05) is 23.8 Å². The molecule has 1 amide bonds. The minimum atomic E-state index is -0.0936. The standard InChI is InChI=1S/C22H22N2O2/c1-16(2)15-26-19-12-10-18(11-13-19)23-14-22(25)24-21-9-5-7-17-6-3-4-8-20(17)21/h3-13,23H,1,14-15H2,2H3,(H,24,25). The van der Waals surface area contributed by atoms with Crippen molar-refractivity contribution >= 4 is 28.1 Å². The molecule has 0 radical (unpaired) electrons. The highest BCUT2D eigenvalue weighted by atomic mass is 16.5. The largest absolute Gasteiger partial charge is 0.489 e. The van der Waals surface area contributed by atoms with Crippen LogP contribution in [0.25, 0.3) is 10.8 Å². The molecule has 0 atom stereocenters. The number of carbonyl (C=O) groups excluding carboxylic acids is 1. The van der Waals surface area contributed by atoms with Crippen LogP contribution < -0.4 is 15.4 Å². The third-order valence-electron chi connectivity index (χ3n) is 3.86. The second-order valence-corrected chi connectivity index (χ2v) is 6.20. The zero-order valence-electron chi connectivity index (χ0n) is 14.8. The maximum atomic E-state index is 12.3. The molecule has 0 unspecified atom stereocenters. The van der Waals surface area contributed by atoms with E-state index in [4.69, 9.17) is 4.74 Å². The Morgan fingerprint density at radius 3 is 2.50 bits per heavy atom. The summed E-state index contributed by atoms with van der Waals surface area (Å²) < 4.78 is 5.56. The highest BCUT2D eigenvalue weighted by Crippen LogP contribution is 2.23. The summed E-state index contributed by atoms with van der Waals surface area (Å²) in [5.74, 6) is 0.683. The molecule has 4 nitrogen and oxygen atoms in total. The summed E-state index contributed by atoms with van der Waals surface area (Å²) in [5, 5.41) is 8.21. The zero-order valence-corrected chi connectivity index (χ0v) is 14.8. The van der Waals surface area contributed by atoms with Gasteiger partial charge in [0.2, 0.25) is 5.91 Å². The number of benzene rings is 3. The van der Waals surface area contributed by atoms with E-state index in [-0.39, 0.29) is 12.5 Å². The number of hydrogen-bond donors (Lipinski definition) is 2. The molecule has 3 aromatic rings. The fourth-order valence-electron chi connectivity index (χ4n) is 2.59. The Balaban J connectivity index is 1.56. The first-order chi connectivity index (χ1) is 12.6. The molecule has 0 spiro atoms. The van der Waals surface area contributed by atoms with Crippen molar-refractivity contribution in [3.63, 3.8) is 0 Å². The van der Waals surface area contributed by atoms with Crippen molar-refractivity contribution in [1.29, 1.82) is 0 Å². The molecule has 0 bridgehead atoms. The predicted octanol–water partition coefficient (Wildman–Crippen LogP) is 4.85. The van der Waals surface area contributed by atoms with Gasteiger partial charge in [0.05, 0.1) is 6.54 Å². The quantitative estimate of drug-likeness (QED) is 0.602. The van der Waals surface area contributed by atoms with Gasteiger partial charge in [0, 0.05) is 16.8 Å². The number of nitrogens with one attached hydrogen (secondary N) is 2. The summed E-state index contributed by atoms with van der Waals surface area (Å²) in [6.07, 6.45) is 0. The van der Waals surface area contributed by atoms with Gasteiger partial charge in [0.1, 0.15) is 12.4 Å². The van der Waals surface area contributed by atoms with E-state index in [0.717, 1.165) is 33.5 Å². The van der Waals surface area contributed by atoms with Crippen LogP contribution in [-0.2, 0) is 4.79 Å². The summed E-state index contributed by atoms with van der Waals surface area (Å²) >= 11 is 0. The molecule has 0 aliphatic heterocycles. The smallest absolute Gasteiger partial charge is 0.243 e. The summed E-state index contributed by atoms with van der Waals surface area (Å²) in [6, 6.07) is 21.4. The first-order valence-corrected chi connectivity index (χ1v) is 8.50. The molecule has 0 aliphatic carbocycles. The second-order valence-electron chi connectivity index (χ2n) is 6.20. The van der Waals surface area contributed by atoms with Crippen LogP contribution in [0.5, 0.6) is 5.75 Å². The van der Waals surface area contributed by atoms with E-state index in [2.05, 4.69) is 17.2 Å². The Labute approximate surface area is 153 Å². The lowest BCUT2D eigenvalue weighted by Crippen LogP contribution is -2.21. The van der Waals surface area contributed by atoms with Gasteiger partial charge in [-0.2, -0.15) is 0 Å². The Bertz CT molecular complexity index is 912. The van der Waals surface area contributed by atoms with Crippen LogP contribution in [0.15, 0.2) is 78.9 Å². The molecule has 2 N–H and O–H groups in total. The maximum absolute atomic E-state index is 12.3. The number of rotatable bonds is 7. The van der Waals surface area contributed by atoms with E-state index in [1.807, 2.05) is 73.7 Å². The highest BCUT2D eigenvalue weighted by molar-refractivity contribution is 6.03. The molecular weight excluding hydrogens is 324 g/mol. The molecule has 0 saturated carbocycles. The van der Waals surface area contributed by atoms with Crippen LogP contribution >= 0.6 is 0 Å². The summed E-state index contributed by atoms with van der Waals surface area (Å²) in [6.45, 7) is 6.42. The highest BCUT2D eigenvalue weighted by Gasteiger charge is 2.05. The van der Waals surface area contributed by atoms with Crippen LogP contribution in [-0.4, -0.2) is 19.1 Å². The molecule has 132 valence electrons. The minimum absolute atomic E-state index is 0.0936. The Morgan fingerprint density at radius 1 is 1.00 bits per heavy atom. The normalized spacial score (nSPS) is 10.3. The van der Waals surface area contributed by atoms with Crippen LogP contribution in [0.3, 0.4) is 0 Å². The van der Waals surface area contributed by atoms with Gasteiger partial charge in [-0.05, 0) is 48.2 Å². The Kier molecular flexibility index (Phi) is 5.54. The molecule has 0 fully saturated rings. The van der Waals surface area contributed by atoms with Gasteiger partial charge in [-0.15, -0.1) is 0 Å². The third kappa shape index (κ3) is 4.63. The number of ether oxygens (including phenoxy) is 1. The van der Waals surface area contributed by atoms with Crippen LogP contribution in [0.2, 0.25) is 0 Å². The first-order valence-electron chi connectivity index (χ1n) is 8.50. The Morgan fingerprint density at radius 2 is 1.73 bits per heavy atom. The van der Waals surface area contributed by atoms with Crippen LogP contribution in [0.1, 0.15) is 6.92 Å². The first kappa shape index (κ1) is 17.5. The van der Waals surface area contributed by atoms with Gasteiger partial charge in [-0.1, -0.05) is 43.0 Å². The van der Waals surface area contributed by atoms with Crippen molar-refractivity contribution < 1.29 is 9.53 Å².